The fourth-order valence-electron chi connectivity index (χ4n) is 3.28. The van der Waals surface area contributed by atoms with E-state index in [9.17, 15) is 0 Å². The fourth-order valence-corrected chi connectivity index (χ4v) is 3.69. The van der Waals surface area contributed by atoms with Crippen LogP contribution in [0.2, 0.25) is 0 Å². The van der Waals surface area contributed by atoms with E-state index < -0.39 is 0 Å². The van der Waals surface area contributed by atoms with Crippen molar-refractivity contribution < 1.29 is 9.47 Å². The van der Waals surface area contributed by atoms with Gasteiger partial charge in [-0.05, 0) is 60.2 Å². The first-order chi connectivity index (χ1) is 13.7. The van der Waals surface area contributed by atoms with Crippen molar-refractivity contribution in [3.05, 3.63) is 89.0 Å². The molecule has 1 heterocycles. The van der Waals surface area contributed by atoms with Crippen LogP contribution in [0.4, 0.5) is 5.69 Å². The van der Waals surface area contributed by atoms with E-state index in [0.717, 1.165) is 32.6 Å². The van der Waals surface area contributed by atoms with E-state index in [0.29, 0.717) is 6.54 Å². The van der Waals surface area contributed by atoms with Crippen LogP contribution in [-0.4, -0.2) is 18.9 Å². The first kappa shape index (κ1) is 18.4. The van der Waals surface area contributed by atoms with Crippen LogP contribution in [0.15, 0.2) is 83.5 Å². The zero-order valence-electron chi connectivity index (χ0n) is 15.8. The number of methoxy groups -OCH3 is 2. The molecule has 0 unspecified atom stereocenters. The molecule has 0 aliphatic rings. The molecular weight excluding hydrogens is 416 g/mol. The summed E-state index contributed by atoms with van der Waals surface area (Å²) in [6.07, 6.45) is 2.09. The maximum absolute atomic E-state index is 5.37. The summed E-state index contributed by atoms with van der Waals surface area (Å²) in [7, 11) is 3.37. The molecule has 28 heavy (non-hydrogen) atoms. The molecule has 4 rings (SSSR count). The summed E-state index contributed by atoms with van der Waals surface area (Å²) in [4.78, 5) is 0. The number of fused-ring (bicyclic) bond motifs is 1. The Labute approximate surface area is 173 Å². The molecule has 1 aromatic heterocycles. The molecule has 0 aliphatic carbocycles. The van der Waals surface area contributed by atoms with E-state index >= 15 is 0 Å². The predicted molar refractivity (Wildman–Crippen MR) is 117 cm³/mol. The minimum Gasteiger partial charge on any atom is -0.497 e. The van der Waals surface area contributed by atoms with E-state index in [2.05, 4.69) is 80.3 Å². The van der Waals surface area contributed by atoms with Gasteiger partial charge in [0.25, 0.3) is 0 Å². The molecule has 5 heteroatoms. The quantitative estimate of drug-likeness (QED) is 0.376. The van der Waals surface area contributed by atoms with Gasteiger partial charge in [0.05, 0.1) is 32.0 Å². The normalized spacial score (nSPS) is 10.8. The number of hydrogen-bond donors (Lipinski definition) is 0. The van der Waals surface area contributed by atoms with Gasteiger partial charge in [-0.15, -0.1) is 0 Å². The van der Waals surface area contributed by atoms with Crippen LogP contribution in [0.25, 0.3) is 10.9 Å². The molecule has 0 atom stereocenters. The van der Waals surface area contributed by atoms with Crippen LogP contribution >= 0.6 is 15.9 Å². The van der Waals surface area contributed by atoms with Crippen molar-refractivity contribution in [2.45, 2.75) is 6.54 Å². The number of ether oxygens (including phenoxy) is 2. The van der Waals surface area contributed by atoms with Gasteiger partial charge in [-0.2, -0.15) is 0 Å². The number of anilines is 1. The second-order valence-electron chi connectivity index (χ2n) is 6.43. The van der Waals surface area contributed by atoms with Crippen molar-refractivity contribution in [2.75, 3.05) is 19.2 Å². The Balaban J connectivity index is 1.81. The first-order valence-corrected chi connectivity index (χ1v) is 9.79. The third kappa shape index (κ3) is 3.58. The van der Waals surface area contributed by atoms with Crippen molar-refractivity contribution in [3.8, 4) is 11.5 Å². The Morgan fingerprint density at radius 2 is 1.57 bits per heavy atom. The number of aromatic nitrogens is 1. The average molecular weight is 437 g/mol. The molecule has 0 amide bonds. The lowest BCUT2D eigenvalue weighted by Gasteiger charge is -2.28. The monoisotopic (exact) mass is 436 g/mol. The average Bonchev–Trinajstić information content (AvgIpc) is 3.16. The largest absolute Gasteiger partial charge is 0.497 e. The fraction of sp³-hybridized carbons (Fsp3) is 0.130. The Bertz CT molecular complexity index is 1090. The van der Waals surface area contributed by atoms with Gasteiger partial charge in [-0.1, -0.05) is 34.1 Å². The SMILES string of the molecule is COc1ccc(N(Cc2ccccc2Br)n2ccc3cc(OC)ccc32)cc1. The van der Waals surface area contributed by atoms with Gasteiger partial charge < -0.3 is 9.47 Å². The topological polar surface area (TPSA) is 26.6 Å². The molecule has 0 bridgehead atoms. The first-order valence-electron chi connectivity index (χ1n) is 9.00. The molecule has 142 valence electrons. The number of nitrogens with zero attached hydrogens (tertiary/aromatic N) is 2. The van der Waals surface area contributed by atoms with Crippen molar-refractivity contribution in [2.24, 2.45) is 0 Å². The van der Waals surface area contributed by atoms with Crippen molar-refractivity contribution in [3.63, 3.8) is 0 Å². The highest BCUT2D eigenvalue weighted by Crippen LogP contribution is 2.29. The molecule has 4 aromatic rings. The van der Waals surface area contributed by atoms with Crippen molar-refractivity contribution in [1.29, 1.82) is 0 Å². The lowest BCUT2D eigenvalue weighted by atomic mass is 10.2. The minimum absolute atomic E-state index is 0.712. The van der Waals surface area contributed by atoms with Gasteiger partial charge in [0, 0.05) is 16.1 Å². The number of benzene rings is 3. The number of halogens is 1. The highest BCUT2D eigenvalue weighted by molar-refractivity contribution is 9.10. The lowest BCUT2D eigenvalue weighted by Crippen LogP contribution is -2.28. The maximum atomic E-state index is 5.37. The Morgan fingerprint density at radius 3 is 2.29 bits per heavy atom. The zero-order valence-corrected chi connectivity index (χ0v) is 17.4. The standard InChI is InChI=1S/C23H21BrN2O2/c1-27-20-9-7-19(8-10-20)26(16-18-5-3-4-6-22(18)24)25-14-13-17-15-21(28-2)11-12-23(17)25/h3-15H,16H2,1-2H3. The summed E-state index contributed by atoms with van der Waals surface area (Å²) in [5.74, 6) is 1.69. The second kappa shape index (κ2) is 7.98. The maximum Gasteiger partial charge on any atom is 0.119 e. The molecule has 0 aliphatic heterocycles. The zero-order chi connectivity index (χ0) is 19.5. The number of hydrogen-bond acceptors (Lipinski definition) is 3. The van der Waals surface area contributed by atoms with E-state index in [4.69, 9.17) is 9.47 Å². The summed E-state index contributed by atoms with van der Waals surface area (Å²) in [6, 6.07) is 24.6. The Morgan fingerprint density at radius 1 is 0.857 bits per heavy atom. The Hall–Kier alpha value is -2.92. The van der Waals surface area contributed by atoms with Crippen LogP contribution in [0.3, 0.4) is 0 Å². The molecule has 0 spiro atoms. The van der Waals surface area contributed by atoms with Gasteiger partial charge in [-0.3, -0.25) is 9.69 Å². The van der Waals surface area contributed by atoms with Crippen LogP contribution in [0.5, 0.6) is 11.5 Å². The summed E-state index contributed by atoms with van der Waals surface area (Å²) < 4.78 is 14.0. The van der Waals surface area contributed by atoms with Crippen LogP contribution in [0, 0.1) is 0 Å². The van der Waals surface area contributed by atoms with Crippen LogP contribution < -0.4 is 14.5 Å². The van der Waals surface area contributed by atoms with Crippen LogP contribution in [-0.2, 0) is 6.54 Å². The molecule has 3 aromatic carbocycles. The van der Waals surface area contributed by atoms with E-state index in [-0.39, 0.29) is 0 Å². The summed E-state index contributed by atoms with van der Waals surface area (Å²) >= 11 is 3.68. The molecule has 0 saturated heterocycles. The van der Waals surface area contributed by atoms with Gasteiger partial charge in [0.15, 0.2) is 0 Å². The summed E-state index contributed by atoms with van der Waals surface area (Å²) in [6.45, 7) is 0.712. The predicted octanol–water partition coefficient (Wildman–Crippen LogP) is 5.89. The highest BCUT2D eigenvalue weighted by Gasteiger charge is 2.14. The highest BCUT2D eigenvalue weighted by atomic mass is 79.9. The third-order valence-corrected chi connectivity index (χ3v) is 5.56. The van der Waals surface area contributed by atoms with Crippen molar-refractivity contribution >= 4 is 32.5 Å². The van der Waals surface area contributed by atoms with E-state index in [1.54, 1.807) is 14.2 Å². The van der Waals surface area contributed by atoms with Gasteiger partial charge >= 0.3 is 0 Å². The Kier molecular flexibility index (Phi) is 5.26. The second-order valence-corrected chi connectivity index (χ2v) is 7.29. The summed E-state index contributed by atoms with van der Waals surface area (Å²) in [5.41, 5.74) is 3.39. The van der Waals surface area contributed by atoms with E-state index in [1.807, 2.05) is 24.3 Å². The third-order valence-electron chi connectivity index (χ3n) is 4.79. The van der Waals surface area contributed by atoms with Crippen LogP contribution in [0.1, 0.15) is 5.56 Å². The minimum atomic E-state index is 0.712. The smallest absolute Gasteiger partial charge is 0.119 e. The van der Waals surface area contributed by atoms with Gasteiger partial charge in [-0.25, -0.2) is 0 Å². The number of rotatable bonds is 6. The van der Waals surface area contributed by atoms with Gasteiger partial charge in [0.1, 0.15) is 11.5 Å². The molecule has 0 fully saturated rings. The summed E-state index contributed by atoms with van der Waals surface area (Å²) in [5, 5.41) is 3.37. The van der Waals surface area contributed by atoms with Gasteiger partial charge in [0.2, 0.25) is 0 Å². The van der Waals surface area contributed by atoms with E-state index in [1.165, 1.54) is 5.56 Å². The van der Waals surface area contributed by atoms with Crippen molar-refractivity contribution in [1.82, 2.24) is 4.68 Å². The molecule has 0 radical (unpaired) electrons. The molecule has 4 nitrogen and oxygen atoms in total. The molecule has 0 N–H and O–H groups in total. The lowest BCUT2D eigenvalue weighted by molar-refractivity contribution is 0.414. The molecule has 0 saturated carbocycles. The molecular formula is C23H21BrN2O2.